The van der Waals surface area contributed by atoms with Crippen molar-refractivity contribution in [3.05, 3.63) is 88.6 Å². The van der Waals surface area contributed by atoms with E-state index in [9.17, 15) is 9.59 Å². The van der Waals surface area contributed by atoms with Crippen LogP contribution >= 0.6 is 11.6 Å². The van der Waals surface area contributed by atoms with Gasteiger partial charge in [0.05, 0.1) is 24.5 Å². The molecule has 3 heterocycles. The lowest BCUT2D eigenvalue weighted by atomic mass is 9.52. The van der Waals surface area contributed by atoms with E-state index in [1.807, 2.05) is 43.3 Å². The molecule has 190 valence electrons. The summed E-state index contributed by atoms with van der Waals surface area (Å²) in [4.78, 5) is 41.8. The Bertz CT molecular complexity index is 1460. The number of ether oxygens (including phenoxy) is 1. The molecule has 0 amide bonds. The van der Waals surface area contributed by atoms with Crippen LogP contribution in [0.15, 0.2) is 61.1 Å². The number of halogens is 1. The van der Waals surface area contributed by atoms with E-state index in [1.54, 1.807) is 6.20 Å². The first-order chi connectivity index (χ1) is 18.0. The maximum atomic E-state index is 14.9. The van der Waals surface area contributed by atoms with Gasteiger partial charge in [0, 0.05) is 34.7 Å². The molecule has 1 atom stereocenters. The fourth-order valence-corrected chi connectivity index (χ4v) is 6.64. The van der Waals surface area contributed by atoms with Gasteiger partial charge < -0.3 is 14.7 Å². The molecule has 0 spiro atoms. The number of ketones is 1. The zero-order valence-corrected chi connectivity index (χ0v) is 21.5. The number of carbonyl (C=O) groups is 2. The molecule has 0 radical (unpaired) electrons. The molecule has 1 unspecified atom stereocenters. The Hall–Kier alpha value is -3.42. The van der Waals surface area contributed by atoms with Crippen LogP contribution in [0.2, 0.25) is 5.02 Å². The van der Waals surface area contributed by atoms with Crippen LogP contribution < -0.4 is 0 Å². The summed E-state index contributed by atoms with van der Waals surface area (Å²) in [6, 6.07) is 15.8. The van der Waals surface area contributed by atoms with Crippen molar-refractivity contribution in [1.82, 2.24) is 19.9 Å². The van der Waals surface area contributed by atoms with Gasteiger partial charge in [-0.25, -0.2) is 4.98 Å². The number of aromatic nitrogens is 3. The monoisotopic (exact) mass is 516 g/mol. The third-order valence-electron chi connectivity index (χ3n) is 8.19. The highest BCUT2D eigenvalue weighted by molar-refractivity contribution is 6.31. The molecular weight excluding hydrogens is 488 g/mol. The molecular formula is C29H29ClN4O3. The summed E-state index contributed by atoms with van der Waals surface area (Å²) in [5.74, 6) is -0.496. The molecule has 2 aliphatic rings. The second kappa shape index (κ2) is 9.15. The highest BCUT2D eigenvalue weighted by atomic mass is 35.5. The molecule has 1 aliphatic carbocycles. The first-order valence-corrected chi connectivity index (χ1v) is 13.2. The number of rotatable bonds is 7. The van der Waals surface area contributed by atoms with E-state index in [0.717, 1.165) is 40.6 Å². The molecule has 2 aromatic carbocycles. The fraction of sp³-hybridized carbons (Fsp3) is 0.345. The second-order valence-corrected chi connectivity index (χ2v) is 10.4. The summed E-state index contributed by atoms with van der Waals surface area (Å²) in [5, 5.41) is 1.62. The van der Waals surface area contributed by atoms with Crippen LogP contribution in [0.5, 0.6) is 0 Å². The van der Waals surface area contributed by atoms with Gasteiger partial charge in [-0.1, -0.05) is 48.4 Å². The predicted octanol–water partition coefficient (Wildman–Crippen LogP) is 5.41. The Morgan fingerprint density at radius 2 is 1.97 bits per heavy atom. The number of H-pyrrole nitrogens is 2. The summed E-state index contributed by atoms with van der Waals surface area (Å²) in [6.45, 7) is 3.18. The van der Waals surface area contributed by atoms with Crippen LogP contribution in [0.25, 0.3) is 10.9 Å². The van der Waals surface area contributed by atoms with Gasteiger partial charge in [0.2, 0.25) is 5.78 Å². The summed E-state index contributed by atoms with van der Waals surface area (Å²) < 4.78 is 5.72. The van der Waals surface area contributed by atoms with Crippen molar-refractivity contribution in [1.29, 1.82) is 0 Å². The van der Waals surface area contributed by atoms with Gasteiger partial charge in [0.25, 0.3) is 0 Å². The number of nitrogens with zero attached hydrogens (tertiary/aromatic N) is 2. The number of esters is 1. The van der Waals surface area contributed by atoms with Crippen molar-refractivity contribution in [3.8, 4) is 0 Å². The number of Topliss-reactive ketones (excluding diaryl/α,β-unsaturated/α-hetero) is 1. The van der Waals surface area contributed by atoms with Crippen LogP contribution in [0.3, 0.4) is 0 Å². The Kier molecular flexibility index (Phi) is 5.92. The van der Waals surface area contributed by atoms with Crippen molar-refractivity contribution in [2.75, 3.05) is 13.2 Å². The van der Waals surface area contributed by atoms with Crippen molar-refractivity contribution >= 4 is 34.3 Å². The summed E-state index contributed by atoms with van der Waals surface area (Å²) in [6.07, 6.45) is 5.75. The summed E-state index contributed by atoms with van der Waals surface area (Å²) in [5.41, 5.74) is 1.79. The third-order valence-corrected chi connectivity index (χ3v) is 8.42. The number of hydrogen-bond acceptors (Lipinski definition) is 5. The van der Waals surface area contributed by atoms with E-state index in [4.69, 9.17) is 16.3 Å². The van der Waals surface area contributed by atoms with Crippen LogP contribution in [0, 0.1) is 5.41 Å². The zero-order chi connectivity index (χ0) is 25.6. The van der Waals surface area contributed by atoms with E-state index < -0.39 is 11.0 Å². The van der Waals surface area contributed by atoms with E-state index in [2.05, 4.69) is 32.0 Å². The molecule has 1 fully saturated rings. The van der Waals surface area contributed by atoms with Gasteiger partial charge in [0.15, 0.2) is 0 Å². The Morgan fingerprint density at radius 3 is 2.65 bits per heavy atom. The molecule has 7 nitrogen and oxygen atoms in total. The van der Waals surface area contributed by atoms with E-state index >= 15 is 0 Å². The zero-order valence-electron chi connectivity index (χ0n) is 20.7. The number of fused-ring (bicyclic) bond motifs is 3. The highest BCUT2D eigenvalue weighted by Crippen LogP contribution is 2.61. The highest BCUT2D eigenvalue weighted by Gasteiger charge is 2.70. The van der Waals surface area contributed by atoms with Crippen molar-refractivity contribution in [3.63, 3.8) is 0 Å². The topological polar surface area (TPSA) is 91.1 Å². The first kappa shape index (κ1) is 23.9. The minimum absolute atomic E-state index is 0.174. The second-order valence-electron chi connectivity index (χ2n) is 9.99. The molecule has 4 aromatic rings. The van der Waals surface area contributed by atoms with Gasteiger partial charge in [-0.15, -0.1) is 0 Å². The molecule has 37 heavy (non-hydrogen) atoms. The predicted molar refractivity (Wildman–Crippen MR) is 141 cm³/mol. The Morgan fingerprint density at radius 1 is 1.16 bits per heavy atom. The average Bonchev–Trinajstić information content (AvgIpc) is 3.53. The van der Waals surface area contributed by atoms with Crippen molar-refractivity contribution < 1.29 is 14.3 Å². The smallest absolute Gasteiger partial charge is 0.314 e. The van der Waals surface area contributed by atoms with Gasteiger partial charge in [0.1, 0.15) is 11.2 Å². The van der Waals surface area contributed by atoms with E-state index in [-0.39, 0.29) is 18.4 Å². The van der Waals surface area contributed by atoms with Gasteiger partial charge in [-0.2, -0.15) is 0 Å². The maximum Gasteiger partial charge on any atom is 0.314 e. The number of aromatic amines is 2. The summed E-state index contributed by atoms with van der Waals surface area (Å²) >= 11 is 6.41. The number of hydrogen-bond donors (Lipinski definition) is 2. The first-order valence-electron chi connectivity index (χ1n) is 12.8. The van der Waals surface area contributed by atoms with Crippen LogP contribution in [0.1, 0.15) is 53.5 Å². The maximum absolute atomic E-state index is 14.9. The SMILES string of the molecule is CCOC(=O)C1(C2(C(=O)c3cnc[nH]3)c3[nH]c4ccc(Cl)cc4c3CCN2Cc2ccccc2)CCC1. The molecule has 0 bridgehead atoms. The lowest BCUT2D eigenvalue weighted by Gasteiger charge is -2.58. The molecule has 1 aliphatic heterocycles. The molecule has 1 saturated carbocycles. The number of imidazole rings is 1. The van der Waals surface area contributed by atoms with Crippen LogP contribution in [0.4, 0.5) is 0 Å². The largest absolute Gasteiger partial charge is 0.465 e. The molecule has 0 saturated heterocycles. The lowest BCUT2D eigenvalue weighted by Crippen LogP contribution is -2.69. The minimum Gasteiger partial charge on any atom is -0.465 e. The van der Waals surface area contributed by atoms with Gasteiger partial charge in [-0.3, -0.25) is 14.5 Å². The molecule has 6 rings (SSSR count). The summed E-state index contributed by atoms with van der Waals surface area (Å²) in [7, 11) is 0. The molecule has 2 aromatic heterocycles. The molecule has 8 heteroatoms. The standard InChI is InChI=1S/C29H29ClN4O3/c1-2-37-27(36)28(12-6-13-28)29(26(35)24-16-31-18-32-24)25-21(22-15-20(30)9-10-23(22)33-25)11-14-34(29)17-19-7-4-3-5-8-19/h3-5,7-10,15-16,18,33H,2,6,11-14,17H2,1H3,(H,31,32). The number of benzene rings is 2. The quantitative estimate of drug-likeness (QED) is 0.253. The Labute approximate surface area is 220 Å². The minimum atomic E-state index is -1.31. The normalized spacial score (nSPS) is 20.8. The fourth-order valence-electron chi connectivity index (χ4n) is 6.47. The average molecular weight is 517 g/mol. The van der Waals surface area contributed by atoms with E-state index in [0.29, 0.717) is 36.6 Å². The number of carbonyl (C=O) groups excluding carboxylic acids is 2. The lowest BCUT2D eigenvalue weighted by molar-refractivity contribution is -0.178. The van der Waals surface area contributed by atoms with Gasteiger partial charge >= 0.3 is 5.97 Å². The van der Waals surface area contributed by atoms with Crippen LogP contribution in [-0.4, -0.2) is 44.8 Å². The molecule has 2 N–H and O–H groups in total. The van der Waals surface area contributed by atoms with Crippen molar-refractivity contribution in [2.45, 2.75) is 44.7 Å². The number of nitrogens with one attached hydrogen (secondary N) is 2. The van der Waals surface area contributed by atoms with E-state index in [1.165, 1.54) is 6.33 Å². The van der Waals surface area contributed by atoms with Gasteiger partial charge in [-0.05, 0) is 55.5 Å². The van der Waals surface area contributed by atoms with Crippen LogP contribution in [-0.2, 0) is 28.0 Å². The van der Waals surface area contributed by atoms with Crippen molar-refractivity contribution in [2.24, 2.45) is 5.41 Å². The third kappa shape index (κ3) is 3.48. The Balaban J connectivity index is 1.67.